The van der Waals surface area contributed by atoms with E-state index in [0.29, 0.717) is 18.1 Å². The van der Waals surface area contributed by atoms with Crippen molar-refractivity contribution in [2.45, 2.75) is 19.0 Å². The smallest absolute Gasteiger partial charge is 0.315 e. The maximum absolute atomic E-state index is 12.1. The molecule has 24 heavy (non-hydrogen) atoms. The molecule has 6 nitrogen and oxygen atoms in total. The third-order valence-corrected chi connectivity index (χ3v) is 4.03. The van der Waals surface area contributed by atoms with Crippen molar-refractivity contribution in [3.8, 4) is 0 Å². The third-order valence-electron chi connectivity index (χ3n) is 3.77. The Bertz CT molecular complexity index is 721. The van der Waals surface area contributed by atoms with Crippen LogP contribution in [0.3, 0.4) is 0 Å². The van der Waals surface area contributed by atoms with Crippen LogP contribution in [0.1, 0.15) is 12.0 Å². The van der Waals surface area contributed by atoms with Gasteiger partial charge in [0.05, 0.1) is 6.04 Å². The molecule has 2 N–H and O–H groups in total. The maximum atomic E-state index is 12.1. The first kappa shape index (κ1) is 16.3. The van der Waals surface area contributed by atoms with Gasteiger partial charge in [0.15, 0.2) is 0 Å². The molecule has 2 aromatic rings. The predicted octanol–water partition coefficient (Wildman–Crippen LogP) is 2.34. The number of nitrogens with zero attached hydrogens (tertiary/aromatic N) is 2. The van der Waals surface area contributed by atoms with E-state index in [0.717, 1.165) is 11.3 Å². The summed E-state index contributed by atoms with van der Waals surface area (Å²) in [5.41, 5.74) is 1.70. The molecule has 0 unspecified atom stereocenters. The number of pyridine rings is 1. The van der Waals surface area contributed by atoms with Crippen LogP contribution in [0, 0.1) is 0 Å². The summed E-state index contributed by atoms with van der Waals surface area (Å²) in [5.74, 6) is -0.0186. The number of aromatic nitrogens is 1. The molecule has 0 saturated carbocycles. The fraction of sp³-hybridized carbons (Fsp3) is 0.235. The van der Waals surface area contributed by atoms with Crippen LogP contribution in [-0.4, -0.2) is 29.5 Å². The number of halogens is 1. The zero-order valence-corrected chi connectivity index (χ0v) is 13.7. The van der Waals surface area contributed by atoms with Crippen molar-refractivity contribution >= 4 is 29.2 Å². The molecular formula is C17H17ClN4O2. The molecule has 0 radical (unpaired) electrons. The lowest BCUT2D eigenvalue weighted by molar-refractivity contribution is -0.117. The number of hydrogen-bond donors (Lipinski definition) is 2. The van der Waals surface area contributed by atoms with Gasteiger partial charge in [0, 0.05) is 42.6 Å². The molecule has 1 atom stereocenters. The molecule has 1 aliphatic rings. The highest BCUT2D eigenvalue weighted by molar-refractivity contribution is 6.30. The number of hydrogen-bond acceptors (Lipinski definition) is 3. The Labute approximate surface area is 144 Å². The van der Waals surface area contributed by atoms with Crippen molar-refractivity contribution in [2.75, 3.05) is 11.4 Å². The molecule has 0 spiro atoms. The van der Waals surface area contributed by atoms with Crippen LogP contribution in [-0.2, 0) is 11.3 Å². The summed E-state index contributed by atoms with van der Waals surface area (Å²) >= 11 is 5.86. The summed E-state index contributed by atoms with van der Waals surface area (Å²) in [4.78, 5) is 29.8. The summed E-state index contributed by atoms with van der Waals surface area (Å²) in [5, 5.41) is 6.22. The van der Waals surface area contributed by atoms with Crippen LogP contribution >= 0.6 is 11.6 Å². The molecule has 124 valence electrons. The van der Waals surface area contributed by atoms with Crippen molar-refractivity contribution in [3.05, 3.63) is 59.4 Å². The molecule has 0 bridgehead atoms. The average molecular weight is 345 g/mol. The molecule has 3 rings (SSSR count). The van der Waals surface area contributed by atoms with E-state index < -0.39 is 0 Å². The van der Waals surface area contributed by atoms with Crippen LogP contribution in [0.2, 0.25) is 5.02 Å². The fourth-order valence-electron chi connectivity index (χ4n) is 2.60. The van der Waals surface area contributed by atoms with Gasteiger partial charge in [-0.05, 0) is 35.9 Å². The number of urea groups is 1. The van der Waals surface area contributed by atoms with Gasteiger partial charge in [0.25, 0.3) is 0 Å². The molecular weight excluding hydrogens is 328 g/mol. The quantitative estimate of drug-likeness (QED) is 0.894. The normalized spacial score (nSPS) is 17.0. The first-order valence-corrected chi connectivity index (χ1v) is 7.99. The molecule has 1 saturated heterocycles. The number of carbonyl (C=O) groups excluding carboxylic acids is 2. The van der Waals surface area contributed by atoms with Gasteiger partial charge in [-0.1, -0.05) is 17.7 Å². The van der Waals surface area contributed by atoms with E-state index in [-0.39, 0.29) is 24.4 Å². The first-order chi connectivity index (χ1) is 11.6. The monoisotopic (exact) mass is 344 g/mol. The van der Waals surface area contributed by atoms with Crippen LogP contribution in [0.4, 0.5) is 10.5 Å². The number of rotatable bonds is 4. The Kier molecular flexibility index (Phi) is 4.96. The predicted molar refractivity (Wildman–Crippen MR) is 91.8 cm³/mol. The van der Waals surface area contributed by atoms with Gasteiger partial charge in [-0.25, -0.2) is 4.79 Å². The van der Waals surface area contributed by atoms with Crippen molar-refractivity contribution in [1.82, 2.24) is 15.6 Å². The van der Waals surface area contributed by atoms with E-state index in [2.05, 4.69) is 15.6 Å². The summed E-state index contributed by atoms with van der Waals surface area (Å²) in [6, 6.07) is 10.3. The minimum Gasteiger partial charge on any atom is -0.334 e. The van der Waals surface area contributed by atoms with E-state index in [1.165, 1.54) is 0 Å². The number of nitrogens with one attached hydrogen (secondary N) is 2. The van der Waals surface area contributed by atoms with E-state index in [9.17, 15) is 9.59 Å². The zero-order valence-electron chi connectivity index (χ0n) is 12.9. The standard InChI is InChI=1S/C17H17ClN4O2/c18-13-3-5-15(6-4-13)22-11-14(8-16(22)23)21-17(24)20-10-12-2-1-7-19-9-12/h1-7,9,14H,8,10-11H2,(H2,20,21,24)/t14-/m0/s1. The van der Waals surface area contributed by atoms with Gasteiger partial charge < -0.3 is 15.5 Å². The second-order valence-corrected chi connectivity index (χ2v) is 6.01. The second kappa shape index (κ2) is 7.31. The average Bonchev–Trinajstić information content (AvgIpc) is 2.95. The molecule has 0 aliphatic carbocycles. The van der Waals surface area contributed by atoms with Gasteiger partial charge in [-0.15, -0.1) is 0 Å². The van der Waals surface area contributed by atoms with Gasteiger partial charge in [-0.2, -0.15) is 0 Å². The minimum absolute atomic E-state index is 0.0186. The van der Waals surface area contributed by atoms with E-state index in [1.54, 1.807) is 41.6 Å². The van der Waals surface area contributed by atoms with Gasteiger partial charge >= 0.3 is 6.03 Å². The number of anilines is 1. The van der Waals surface area contributed by atoms with Crippen LogP contribution in [0.5, 0.6) is 0 Å². The van der Waals surface area contributed by atoms with E-state index in [4.69, 9.17) is 11.6 Å². The molecule has 1 aliphatic heterocycles. The lowest BCUT2D eigenvalue weighted by atomic mass is 10.2. The minimum atomic E-state index is -0.297. The van der Waals surface area contributed by atoms with Crippen LogP contribution in [0.25, 0.3) is 0 Å². The fourth-order valence-corrected chi connectivity index (χ4v) is 2.72. The highest BCUT2D eigenvalue weighted by Gasteiger charge is 2.31. The third kappa shape index (κ3) is 4.02. The topological polar surface area (TPSA) is 74.3 Å². The van der Waals surface area contributed by atoms with Crippen molar-refractivity contribution in [2.24, 2.45) is 0 Å². The Morgan fingerprint density at radius 1 is 1.29 bits per heavy atom. The highest BCUT2D eigenvalue weighted by Crippen LogP contribution is 2.23. The molecule has 7 heteroatoms. The Morgan fingerprint density at radius 2 is 2.08 bits per heavy atom. The van der Waals surface area contributed by atoms with Gasteiger partial charge in [-0.3, -0.25) is 9.78 Å². The number of amides is 3. The SMILES string of the molecule is O=C(NCc1cccnc1)N[C@H]1CC(=O)N(c2ccc(Cl)cc2)C1. The largest absolute Gasteiger partial charge is 0.334 e. The second-order valence-electron chi connectivity index (χ2n) is 5.57. The summed E-state index contributed by atoms with van der Waals surface area (Å²) in [6.07, 6.45) is 3.66. The molecule has 1 aromatic heterocycles. The van der Waals surface area contributed by atoms with Crippen molar-refractivity contribution in [3.63, 3.8) is 0 Å². The maximum Gasteiger partial charge on any atom is 0.315 e. The first-order valence-electron chi connectivity index (χ1n) is 7.61. The molecule has 1 aromatic carbocycles. The number of benzene rings is 1. The van der Waals surface area contributed by atoms with Crippen LogP contribution in [0.15, 0.2) is 48.8 Å². The van der Waals surface area contributed by atoms with E-state index in [1.807, 2.05) is 12.1 Å². The Morgan fingerprint density at radius 3 is 2.79 bits per heavy atom. The molecule has 3 amide bonds. The Balaban J connectivity index is 1.52. The van der Waals surface area contributed by atoms with Crippen LogP contribution < -0.4 is 15.5 Å². The zero-order chi connectivity index (χ0) is 16.9. The van der Waals surface area contributed by atoms with Crippen molar-refractivity contribution in [1.29, 1.82) is 0 Å². The summed E-state index contributed by atoms with van der Waals surface area (Å²) in [7, 11) is 0. The summed E-state index contributed by atoms with van der Waals surface area (Å²) in [6.45, 7) is 0.835. The van der Waals surface area contributed by atoms with Crippen molar-refractivity contribution < 1.29 is 9.59 Å². The summed E-state index contributed by atoms with van der Waals surface area (Å²) < 4.78 is 0. The molecule has 1 fully saturated rings. The van der Waals surface area contributed by atoms with E-state index >= 15 is 0 Å². The Hall–Kier alpha value is -2.60. The lowest BCUT2D eigenvalue weighted by Gasteiger charge is -2.17. The molecule has 2 heterocycles. The number of carbonyl (C=O) groups is 2. The highest BCUT2D eigenvalue weighted by atomic mass is 35.5. The lowest BCUT2D eigenvalue weighted by Crippen LogP contribution is -2.43. The van der Waals surface area contributed by atoms with Gasteiger partial charge in [0.1, 0.15) is 0 Å². The van der Waals surface area contributed by atoms with Gasteiger partial charge in [0.2, 0.25) is 5.91 Å².